The second-order valence-corrected chi connectivity index (χ2v) is 5.83. The predicted octanol–water partition coefficient (Wildman–Crippen LogP) is 2.22. The SMILES string of the molecule is C=C1N(C/C=C2\N=C(C)NN2)N=C(C(C)C)C1(C)C. The number of hydrazone groups is 1. The maximum absolute atomic E-state index is 4.71. The van der Waals surface area contributed by atoms with Gasteiger partial charge in [0.15, 0.2) is 0 Å². The minimum absolute atomic E-state index is 0.0623. The number of allylic oxidation sites excluding steroid dienone is 1. The second kappa shape index (κ2) is 4.72. The summed E-state index contributed by atoms with van der Waals surface area (Å²) in [7, 11) is 0. The lowest BCUT2D eigenvalue weighted by Gasteiger charge is -2.25. The lowest BCUT2D eigenvalue weighted by molar-refractivity contribution is 0.377. The number of aliphatic imine (C=N–C) groups is 1. The number of nitrogens with one attached hydrogen (secondary N) is 2. The summed E-state index contributed by atoms with van der Waals surface area (Å²) in [5, 5.41) is 6.68. The van der Waals surface area contributed by atoms with Crippen LogP contribution in [0, 0.1) is 11.3 Å². The third-order valence-corrected chi connectivity index (χ3v) is 3.57. The summed E-state index contributed by atoms with van der Waals surface area (Å²) in [6.07, 6.45) is 2.01. The standard InChI is InChI=1S/C14H23N5/c1-9(2)13-14(5,6)10(3)19(18-13)8-7-12-15-11(4)16-17-12/h7,9,17H,3,8H2,1-2,4-6H3,(H,15,16)/b12-7+. The molecule has 0 bridgehead atoms. The maximum atomic E-state index is 4.71. The first-order valence-corrected chi connectivity index (χ1v) is 6.65. The molecule has 0 saturated carbocycles. The van der Waals surface area contributed by atoms with E-state index in [0.717, 1.165) is 17.4 Å². The van der Waals surface area contributed by atoms with E-state index in [9.17, 15) is 0 Å². The molecule has 0 aliphatic carbocycles. The van der Waals surface area contributed by atoms with E-state index >= 15 is 0 Å². The molecule has 0 aromatic carbocycles. The first-order valence-electron chi connectivity index (χ1n) is 6.65. The molecule has 0 aromatic heterocycles. The van der Waals surface area contributed by atoms with E-state index in [1.165, 1.54) is 5.71 Å². The summed E-state index contributed by atoms with van der Waals surface area (Å²) in [6, 6.07) is 0. The zero-order valence-electron chi connectivity index (χ0n) is 12.4. The van der Waals surface area contributed by atoms with Crippen LogP contribution in [0.5, 0.6) is 0 Å². The molecule has 2 heterocycles. The van der Waals surface area contributed by atoms with Gasteiger partial charge < -0.3 is 0 Å². The third-order valence-electron chi connectivity index (χ3n) is 3.57. The maximum Gasteiger partial charge on any atom is 0.144 e. The van der Waals surface area contributed by atoms with Crippen molar-refractivity contribution < 1.29 is 0 Å². The summed E-state index contributed by atoms with van der Waals surface area (Å²) in [5.41, 5.74) is 8.12. The molecule has 2 N–H and O–H groups in total. The quantitative estimate of drug-likeness (QED) is 0.819. The first kappa shape index (κ1) is 13.6. The normalized spacial score (nSPS) is 23.6. The number of hydrazine groups is 1. The Labute approximate surface area is 115 Å². The van der Waals surface area contributed by atoms with E-state index in [1.54, 1.807) is 0 Å². The van der Waals surface area contributed by atoms with Crippen LogP contribution in [0.4, 0.5) is 0 Å². The smallest absolute Gasteiger partial charge is 0.144 e. The van der Waals surface area contributed by atoms with Gasteiger partial charge in [0.25, 0.3) is 0 Å². The van der Waals surface area contributed by atoms with Crippen molar-refractivity contribution in [3.63, 3.8) is 0 Å². The number of rotatable bonds is 3. The molecule has 2 rings (SSSR count). The van der Waals surface area contributed by atoms with Crippen molar-refractivity contribution in [2.75, 3.05) is 6.54 Å². The highest BCUT2D eigenvalue weighted by Crippen LogP contribution is 2.38. The van der Waals surface area contributed by atoms with Crippen LogP contribution in [-0.4, -0.2) is 23.1 Å². The van der Waals surface area contributed by atoms with Gasteiger partial charge in [-0.15, -0.1) is 0 Å². The molecular formula is C14H23N5. The van der Waals surface area contributed by atoms with Crippen LogP contribution in [0.1, 0.15) is 34.6 Å². The highest BCUT2D eigenvalue weighted by molar-refractivity contribution is 5.95. The molecule has 2 aliphatic rings. The molecule has 0 unspecified atom stereocenters. The monoisotopic (exact) mass is 261 g/mol. The molecule has 0 amide bonds. The van der Waals surface area contributed by atoms with Crippen LogP contribution in [0.15, 0.2) is 34.3 Å². The van der Waals surface area contributed by atoms with E-state index in [-0.39, 0.29) is 5.41 Å². The zero-order chi connectivity index (χ0) is 14.2. The molecule has 0 saturated heterocycles. The van der Waals surface area contributed by atoms with Crippen molar-refractivity contribution in [3.05, 3.63) is 24.2 Å². The molecular weight excluding hydrogens is 238 g/mol. The fraction of sp³-hybridized carbons (Fsp3) is 0.571. The van der Waals surface area contributed by atoms with Gasteiger partial charge in [-0.05, 0) is 32.8 Å². The Morgan fingerprint density at radius 3 is 2.53 bits per heavy atom. The molecule has 0 radical (unpaired) electrons. The van der Waals surface area contributed by atoms with Crippen LogP contribution in [0.25, 0.3) is 0 Å². The van der Waals surface area contributed by atoms with Crippen LogP contribution in [0.2, 0.25) is 0 Å². The first-order chi connectivity index (χ1) is 8.82. The predicted molar refractivity (Wildman–Crippen MR) is 79.4 cm³/mol. The number of hydrogen-bond donors (Lipinski definition) is 2. The van der Waals surface area contributed by atoms with Gasteiger partial charge in [-0.1, -0.05) is 20.4 Å². The van der Waals surface area contributed by atoms with Crippen LogP contribution < -0.4 is 10.9 Å². The van der Waals surface area contributed by atoms with Gasteiger partial charge in [-0.3, -0.25) is 15.9 Å². The van der Waals surface area contributed by atoms with E-state index in [0.29, 0.717) is 12.5 Å². The van der Waals surface area contributed by atoms with Crippen LogP contribution in [-0.2, 0) is 0 Å². The van der Waals surface area contributed by atoms with Gasteiger partial charge in [0.2, 0.25) is 0 Å². The lowest BCUT2D eigenvalue weighted by atomic mass is 9.80. The van der Waals surface area contributed by atoms with Crippen LogP contribution in [0.3, 0.4) is 0 Å². The van der Waals surface area contributed by atoms with Crippen molar-refractivity contribution in [3.8, 4) is 0 Å². The highest BCUT2D eigenvalue weighted by atomic mass is 15.5. The third kappa shape index (κ3) is 2.50. The van der Waals surface area contributed by atoms with Gasteiger partial charge in [0.05, 0.1) is 12.3 Å². The second-order valence-electron chi connectivity index (χ2n) is 5.83. The topological polar surface area (TPSA) is 52.0 Å². The Balaban J connectivity index is 2.12. The molecule has 5 nitrogen and oxygen atoms in total. The largest absolute Gasteiger partial charge is 0.287 e. The van der Waals surface area contributed by atoms with E-state index < -0.39 is 0 Å². The van der Waals surface area contributed by atoms with Gasteiger partial charge in [-0.2, -0.15) is 5.10 Å². The van der Waals surface area contributed by atoms with E-state index in [2.05, 4.69) is 50.1 Å². The molecule has 104 valence electrons. The minimum atomic E-state index is -0.0623. The average molecular weight is 261 g/mol. The Kier molecular flexibility index (Phi) is 3.39. The summed E-state index contributed by atoms with van der Waals surface area (Å²) < 4.78 is 0. The molecule has 19 heavy (non-hydrogen) atoms. The van der Waals surface area contributed by atoms with Crippen molar-refractivity contribution in [2.24, 2.45) is 21.4 Å². The fourth-order valence-electron chi connectivity index (χ4n) is 2.43. The molecule has 0 spiro atoms. The Bertz CT molecular complexity index is 482. The molecule has 5 heteroatoms. The summed E-state index contributed by atoms with van der Waals surface area (Å²) in [4.78, 5) is 4.32. The van der Waals surface area contributed by atoms with Gasteiger partial charge >= 0.3 is 0 Å². The minimum Gasteiger partial charge on any atom is -0.287 e. The highest BCUT2D eigenvalue weighted by Gasteiger charge is 2.38. The number of nitrogens with zero attached hydrogens (tertiary/aromatic N) is 3. The van der Waals surface area contributed by atoms with Crippen molar-refractivity contribution in [2.45, 2.75) is 34.6 Å². The summed E-state index contributed by atoms with van der Waals surface area (Å²) in [6.45, 7) is 15.5. The lowest BCUT2D eigenvalue weighted by Crippen LogP contribution is -2.28. The average Bonchev–Trinajstić information content (AvgIpc) is 2.81. The van der Waals surface area contributed by atoms with E-state index in [4.69, 9.17) is 5.10 Å². The molecule has 2 aliphatic heterocycles. The zero-order valence-corrected chi connectivity index (χ0v) is 12.4. The van der Waals surface area contributed by atoms with Crippen LogP contribution >= 0.6 is 0 Å². The Morgan fingerprint density at radius 2 is 2.05 bits per heavy atom. The molecule has 0 atom stereocenters. The van der Waals surface area contributed by atoms with Crippen molar-refractivity contribution in [1.29, 1.82) is 0 Å². The van der Waals surface area contributed by atoms with E-state index in [1.807, 2.05) is 18.0 Å². The molecule has 0 fully saturated rings. The summed E-state index contributed by atoms with van der Waals surface area (Å²) in [5.74, 6) is 2.13. The number of hydrogen-bond acceptors (Lipinski definition) is 5. The Hall–Kier alpha value is -1.78. The van der Waals surface area contributed by atoms with Crippen molar-refractivity contribution >= 4 is 11.5 Å². The fourth-order valence-corrected chi connectivity index (χ4v) is 2.43. The van der Waals surface area contributed by atoms with Gasteiger partial charge in [0, 0.05) is 11.1 Å². The van der Waals surface area contributed by atoms with Gasteiger partial charge in [0.1, 0.15) is 11.7 Å². The molecule has 0 aromatic rings. The number of amidine groups is 1. The summed E-state index contributed by atoms with van der Waals surface area (Å²) >= 11 is 0. The van der Waals surface area contributed by atoms with Gasteiger partial charge in [-0.25, -0.2) is 4.99 Å². The van der Waals surface area contributed by atoms with Crippen molar-refractivity contribution in [1.82, 2.24) is 15.9 Å². The Morgan fingerprint density at radius 1 is 1.37 bits per heavy atom.